The van der Waals surface area contributed by atoms with Crippen LogP contribution in [0.2, 0.25) is 0 Å². The number of halogens is 3. The van der Waals surface area contributed by atoms with Gasteiger partial charge in [-0.05, 0) is 19.1 Å². The lowest BCUT2D eigenvalue weighted by molar-refractivity contribution is -0.384. The van der Waals surface area contributed by atoms with Gasteiger partial charge in [0.2, 0.25) is 0 Å². The number of carboxylic acids is 1. The standard InChI is InChI=1S/C13H13F3N2O6/c1-6-7(11(19)20)3-4-8(10(6)18(22)23)17-9(12(21)24-2)5-13(14,15)16/h3-4,9,17H,5H2,1-2H3,(H,19,20). The summed E-state index contributed by atoms with van der Waals surface area (Å²) >= 11 is 0. The molecule has 1 aromatic carbocycles. The number of carbonyl (C=O) groups excluding carboxylic acids is 1. The van der Waals surface area contributed by atoms with Crippen LogP contribution >= 0.6 is 0 Å². The molecule has 8 nitrogen and oxygen atoms in total. The molecule has 0 amide bonds. The molecule has 0 aliphatic carbocycles. The van der Waals surface area contributed by atoms with Crippen LogP contribution in [-0.2, 0) is 9.53 Å². The summed E-state index contributed by atoms with van der Waals surface area (Å²) in [7, 11) is 0.876. The third-order valence-corrected chi connectivity index (χ3v) is 3.09. The average Bonchev–Trinajstić information content (AvgIpc) is 2.43. The molecule has 0 saturated heterocycles. The number of aromatic carboxylic acids is 1. The fourth-order valence-electron chi connectivity index (χ4n) is 2.04. The second-order valence-corrected chi connectivity index (χ2v) is 4.74. The number of alkyl halides is 3. The number of nitrogens with one attached hydrogen (secondary N) is 1. The number of esters is 1. The molecule has 1 unspecified atom stereocenters. The molecule has 0 spiro atoms. The molecule has 24 heavy (non-hydrogen) atoms. The van der Waals surface area contributed by atoms with Crippen LogP contribution in [0.3, 0.4) is 0 Å². The maximum Gasteiger partial charge on any atom is 0.391 e. The van der Waals surface area contributed by atoms with Crippen molar-refractivity contribution in [1.29, 1.82) is 0 Å². The Balaban J connectivity index is 3.33. The number of carbonyl (C=O) groups is 2. The van der Waals surface area contributed by atoms with Crippen molar-refractivity contribution >= 4 is 23.3 Å². The summed E-state index contributed by atoms with van der Waals surface area (Å²) in [5.74, 6) is -2.69. The molecular formula is C13H13F3N2O6. The molecule has 1 rings (SSSR count). The van der Waals surface area contributed by atoms with Crippen LogP contribution < -0.4 is 5.32 Å². The Morgan fingerprint density at radius 1 is 1.42 bits per heavy atom. The zero-order valence-corrected chi connectivity index (χ0v) is 12.5. The van der Waals surface area contributed by atoms with E-state index in [-0.39, 0.29) is 11.1 Å². The highest BCUT2D eigenvalue weighted by Gasteiger charge is 2.37. The van der Waals surface area contributed by atoms with Crippen molar-refractivity contribution in [1.82, 2.24) is 0 Å². The molecule has 132 valence electrons. The van der Waals surface area contributed by atoms with E-state index in [9.17, 15) is 32.9 Å². The molecular weight excluding hydrogens is 337 g/mol. The van der Waals surface area contributed by atoms with Gasteiger partial charge >= 0.3 is 18.1 Å². The molecule has 11 heteroatoms. The van der Waals surface area contributed by atoms with Crippen LogP contribution in [0.1, 0.15) is 22.3 Å². The van der Waals surface area contributed by atoms with E-state index >= 15 is 0 Å². The average molecular weight is 350 g/mol. The number of methoxy groups -OCH3 is 1. The van der Waals surface area contributed by atoms with Gasteiger partial charge in [-0.15, -0.1) is 0 Å². The van der Waals surface area contributed by atoms with Gasteiger partial charge in [-0.25, -0.2) is 9.59 Å². The topological polar surface area (TPSA) is 119 Å². The highest BCUT2D eigenvalue weighted by Crippen LogP contribution is 2.33. The van der Waals surface area contributed by atoms with Crippen molar-refractivity contribution in [3.05, 3.63) is 33.4 Å². The normalized spacial score (nSPS) is 12.4. The molecule has 0 aliphatic heterocycles. The lowest BCUT2D eigenvalue weighted by Crippen LogP contribution is -2.35. The summed E-state index contributed by atoms with van der Waals surface area (Å²) < 4.78 is 41.9. The zero-order valence-electron chi connectivity index (χ0n) is 12.5. The molecule has 0 radical (unpaired) electrons. The number of nitro groups is 1. The smallest absolute Gasteiger partial charge is 0.391 e. The third-order valence-electron chi connectivity index (χ3n) is 3.09. The number of ether oxygens (including phenoxy) is 1. The van der Waals surface area contributed by atoms with Gasteiger partial charge in [0.15, 0.2) is 0 Å². The number of benzene rings is 1. The maximum absolute atomic E-state index is 12.6. The van der Waals surface area contributed by atoms with Crippen molar-refractivity contribution < 1.29 is 37.5 Å². The van der Waals surface area contributed by atoms with Crippen molar-refractivity contribution in [2.24, 2.45) is 0 Å². The second kappa shape index (κ2) is 7.15. The van der Waals surface area contributed by atoms with Gasteiger partial charge in [0, 0.05) is 5.56 Å². The van der Waals surface area contributed by atoms with Crippen LogP contribution in [0.5, 0.6) is 0 Å². The molecule has 0 bridgehead atoms. The largest absolute Gasteiger partial charge is 0.478 e. The van der Waals surface area contributed by atoms with Crippen molar-refractivity contribution in [3.8, 4) is 0 Å². The van der Waals surface area contributed by atoms with E-state index in [0.29, 0.717) is 0 Å². The van der Waals surface area contributed by atoms with Crippen molar-refractivity contribution in [3.63, 3.8) is 0 Å². The fourth-order valence-corrected chi connectivity index (χ4v) is 2.04. The summed E-state index contributed by atoms with van der Waals surface area (Å²) in [5, 5.41) is 22.2. The number of hydrogen-bond donors (Lipinski definition) is 2. The van der Waals surface area contributed by atoms with Gasteiger partial charge in [-0.2, -0.15) is 13.2 Å². The van der Waals surface area contributed by atoms with Crippen LogP contribution in [0.25, 0.3) is 0 Å². The van der Waals surface area contributed by atoms with Gasteiger partial charge in [0.05, 0.1) is 24.0 Å². The number of anilines is 1. The zero-order chi connectivity index (χ0) is 18.7. The quantitative estimate of drug-likeness (QED) is 0.459. The molecule has 1 atom stereocenters. The maximum atomic E-state index is 12.6. The summed E-state index contributed by atoms with van der Waals surface area (Å²) in [5.41, 5.74) is -1.78. The summed E-state index contributed by atoms with van der Waals surface area (Å²) in [6, 6.07) is 0.0132. The van der Waals surface area contributed by atoms with Crippen molar-refractivity contribution in [2.45, 2.75) is 25.6 Å². The Morgan fingerprint density at radius 2 is 2.00 bits per heavy atom. The van der Waals surface area contributed by atoms with Gasteiger partial charge in [0.1, 0.15) is 11.7 Å². The van der Waals surface area contributed by atoms with Crippen LogP contribution in [0, 0.1) is 17.0 Å². The molecule has 1 aromatic rings. The Labute approximate surface area is 133 Å². The molecule has 0 saturated carbocycles. The Morgan fingerprint density at radius 3 is 2.42 bits per heavy atom. The third kappa shape index (κ3) is 4.57. The minimum Gasteiger partial charge on any atom is -0.478 e. The number of nitrogens with zero attached hydrogens (tertiary/aromatic N) is 1. The van der Waals surface area contributed by atoms with Gasteiger partial charge in [-0.1, -0.05) is 0 Å². The van der Waals surface area contributed by atoms with E-state index in [1.54, 1.807) is 0 Å². The van der Waals surface area contributed by atoms with E-state index in [1.165, 1.54) is 0 Å². The van der Waals surface area contributed by atoms with Crippen LogP contribution in [-0.4, -0.2) is 41.3 Å². The minimum atomic E-state index is -4.73. The highest BCUT2D eigenvalue weighted by molar-refractivity contribution is 5.92. The number of nitro benzene ring substituents is 1. The Kier molecular flexibility index (Phi) is 5.72. The lowest BCUT2D eigenvalue weighted by Gasteiger charge is -2.19. The monoisotopic (exact) mass is 350 g/mol. The first-order chi connectivity index (χ1) is 11.0. The van der Waals surface area contributed by atoms with Crippen LogP contribution in [0.4, 0.5) is 24.5 Å². The number of rotatable bonds is 6. The minimum absolute atomic E-state index is 0.256. The lowest BCUT2D eigenvalue weighted by atomic mass is 10.0. The summed E-state index contributed by atoms with van der Waals surface area (Å²) in [6.07, 6.45) is -6.34. The van der Waals surface area contributed by atoms with Gasteiger partial charge in [0.25, 0.3) is 5.69 Å². The molecule has 0 aliphatic rings. The fraction of sp³-hybridized carbons (Fsp3) is 0.385. The first kappa shape index (κ1) is 19.2. The van der Waals surface area contributed by atoms with E-state index < -0.39 is 46.9 Å². The van der Waals surface area contributed by atoms with Crippen molar-refractivity contribution in [2.75, 3.05) is 12.4 Å². The summed E-state index contributed by atoms with van der Waals surface area (Å²) in [6.45, 7) is 1.14. The predicted molar refractivity (Wildman–Crippen MR) is 74.9 cm³/mol. The summed E-state index contributed by atoms with van der Waals surface area (Å²) in [4.78, 5) is 32.7. The first-order valence-corrected chi connectivity index (χ1v) is 6.40. The predicted octanol–water partition coefficient (Wildman–Crippen LogP) is 2.51. The van der Waals surface area contributed by atoms with E-state index in [1.807, 2.05) is 0 Å². The molecule has 0 aromatic heterocycles. The van der Waals surface area contributed by atoms with Gasteiger partial charge in [-0.3, -0.25) is 10.1 Å². The number of hydrogen-bond acceptors (Lipinski definition) is 6. The van der Waals surface area contributed by atoms with E-state index in [2.05, 4.69) is 10.1 Å². The molecule has 0 fully saturated rings. The highest BCUT2D eigenvalue weighted by atomic mass is 19.4. The first-order valence-electron chi connectivity index (χ1n) is 6.40. The Hall–Kier alpha value is -2.85. The van der Waals surface area contributed by atoms with E-state index in [4.69, 9.17) is 5.11 Å². The van der Waals surface area contributed by atoms with Crippen LogP contribution in [0.15, 0.2) is 12.1 Å². The molecule has 0 heterocycles. The Bertz CT molecular complexity index is 674. The number of carboxylic acid groups (broad SMARTS) is 1. The second-order valence-electron chi connectivity index (χ2n) is 4.74. The SMILES string of the molecule is COC(=O)C(CC(F)(F)F)Nc1ccc(C(=O)O)c(C)c1[N+](=O)[O-]. The van der Waals surface area contributed by atoms with Gasteiger partial charge < -0.3 is 15.2 Å². The van der Waals surface area contributed by atoms with E-state index in [0.717, 1.165) is 26.2 Å². The molecule has 2 N–H and O–H groups in total.